The molecule has 1 aliphatic rings. The summed E-state index contributed by atoms with van der Waals surface area (Å²) in [5.74, 6) is 0.262. The number of carboxylic acids is 1. The van der Waals surface area contributed by atoms with Crippen LogP contribution in [0.1, 0.15) is 32.1 Å². The van der Waals surface area contributed by atoms with Crippen LogP contribution in [0, 0.1) is 0 Å². The summed E-state index contributed by atoms with van der Waals surface area (Å²) in [6.07, 6.45) is 3.81. The van der Waals surface area contributed by atoms with Gasteiger partial charge < -0.3 is 5.11 Å². The second-order valence-corrected chi connectivity index (χ2v) is 6.66. The Hall–Kier alpha value is -0.0300. The second-order valence-electron chi connectivity index (χ2n) is 3.13. The van der Waals surface area contributed by atoms with Crippen LogP contribution in [0.15, 0.2) is 0 Å². The summed E-state index contributed by atoms with van der Waals surface area (Å²) in [4.78, 5) is 10.2. The summed E-state index contributed by atoms with van der Waals surface area (Å²) < 4.78 is 11.3. The highest BCUT2D eigenvalue weighted by atomic mass is 33.1. The Morgan fingerprint density at radius 3 is 2.85 bits per heavy atom. The minimum absolute atomic E-state index is 0.243. The van der Waals surface area contributed by atoms with Crippen LogP contribution in [0.3, 0.4) is 0 Å². The van der Waals surface area contributed by atoms with Gasteiger partial charge in [-0.2, -0.15) is 0 Å². The Labute approximate surface area is 84.1 Å². The molecule has 1 rings (SSSR count). The highest BCUT2D eigenvalue weighted by molar-refractivity contribution is 8.69. The molecule has 0 unspecified atom stereocenters. The predicted octanol–water partition coefficient (Wildman–Crippen LogP) is 1.80. The zero-order valence-corrected chi connectivity index (χ0v) is 9.03. The first kappa shape index (κ1) is 11.0. The van der Waals surface area contributed by atoms with E-state index in [0.29, 0.717) is 11.7 Å². The maximum atomic E-state index is 11.3. The number of aliphatic carboxylic acids is 1. The first-order valence-electron chi connectivity index (χ1n) is 4.46. The zero-order chi connectivity index (χ0) is 9.68. The third-order valence-corrected chi connectivity index (χ3v) is 5.74. The van der Waals surface area contributed by atoms with E-state index in [2.05, 4.69) is 0 Å². The number of unbranched alkanes of at least 4 members (excludes halogenated alkanes) is 1. The molecular weight excluding hydrogens is 208 g/mol. The number of hydrogen-bond donors (Lipinski definition) is 1. The molecule has 0 bridgehead atoms. The van der Waals surface area contributed by atoms with Crippen molar-refractivity contribution in [3.8, 4) is 0 Å². The van der Waals surface area contributed by atoms with E-state index in [4.69, 9.17) is 5.11 Å². The van der Waals surface area contributed by atoms with Crippen molar-refractivity contribution in [1.82, 2.24) is 0 Å². The largest absolute Gasteiger partial charge is 0.481 e. The highest BCUT2D eigenvalue weighted by Gasteiger charge is 2.23. The number of carbonyl (C=O) groups is 1. The van der Waals surface area contributed by atoms with Gasteiger partial charge in [-0.05, 0) is 19.3 Å². The third-order valence-electron chi connectivity index (χ3n) is 2.08. The van der Waals surface area contributed by atoms with E-state index in [0.717, 1.165) is 25.0 Å². The van der Waals surface area contributed by atoms with Gasteiger partial charge in [0, 0.05) is 17.4 Å². The SMILES string of the molecule is O=C(O)CCCC[C@H]1CCS[S@@]1=O. The van der Waals surface area contributed by atoms with Gasteiger partial charge in [-0.1, -0.05) is 17.2 Å². The van der Waals surface area contributed by atoms with Crippen LogP contribution in [0.5, 0.6) is 0 Å². The molecule has 0 saturated carbocycles. The standard InChI is InChI=1S/C8H14O3S2/c9-8(10)4-2-1-3-7-5-6-12-13(7)11/h7H,1-6H2,(H,9,10)/t7-,13-/m0/s1. The molecule has 0 aromatic heterocycles. The smallest absolute Gasteiger partial charge is 0.303 e. The molecule has 13 heavy (non-hydrogen) atoms. The van der Waals surface area contributed by atoms with Crippen molar-refractivity contribution in [3.05, 3.63) is 0 Å². The van der Waals surface area contributed by atoms with Crippen LogP contribution in [-0.2, 0) is 14.6 Å². The van der Waals surface area contributed by atoms with Crippen molar-refractivity contribution in [1.29, 1.82) is 0 Å². The minimum atomic E-state index is -0.734. The van der Waals surface area contributed by atoms with Gasteiger partial charge in [-0.3, -0.25) is 4.79 Å². The molecule has 0 radical (unpaired) electrons. The van der Waals surface area contributed by atoms with Gasteiger partial charge >= 0.3 is 5.97 Å². The molecule has 76 valence electrons. The summed E-state index contributed by atoms with van der Waals surface area (Å²) in [5, 5.41) is 8.71. The molecule has 1 aliphatic heterocycles. The summed E-state index contributed by atoms with van der Waals surface area (Å²) >= 11 is 0. The second kappa shape index (κ2) is 5.65. The van der Waals surface area contributed by atoms with Gasteiger partial charge in [0.15, 0.2) is 0 Å². The lowest BCUT2D eigenvalue weighted by Gasteiger charge is -2.05. The lowest BCUT2D eigenvalue weighted by Crippen LogP contribution is -2.06. The molecule has 0 aromatic carbocycles. The first-order chi connectivity index (χ1) is 6.20. The maximum Gasteiger partial charge on any atom is 0.303 e. The molecule has 0 amide bonds. The van der Waals surface area contributed by atoms with Crippen LogP contribution < -0.4 is 0 Å². The van der Waals surface area contributed by atoms with Crippen molar-refractivity contribution in [2.75, 3.05) is 5.75 Å². The van der Waals surface area contributed by atoms with Crippen molar-refractivity contribution in [2.45, 2.75) is 37.4 Å². The van der Waals surface area contributed by atoms with E-state index in [1.165, 1.54) is 10.8 Å². The van der Waals surface area contributed by atoms with Crippen LogP contribution in [0.25, 0.3) is 0 Å². The van der Waals surface area contributed by atoms with E-state index < -0.39 is 15.8 Å². The first-order valence-corrected chi connectivity index (χ1v) is 7.17. The highest BCUT2D eigenvalue weighted by Crippen LogP contribution is 2.29. The molecule has 3 nitrogen and oxygen atoms in total. The fourth-order valence-electron chi connectivity index (χ4n) is 1.34. The Kier molecular flexibility index (Phi) is 4.80. The monoisotopic (exact) mass is 222 g/mol. The molecule has 1 saturated heterocycles. The molecule has 0 spiro atoms. The van der Waals surface area contributed by atoms with Gasteiger partial charge in [0.25, 0.3) is 0 Å². The van der Waals surface area contributed by atoms with Crippen LogP contribution in [0.4, 0.5) is 0 Å². The van der Waals surface area contributed by atoms with E-state index in [9.17, 15) is 9.00 Å². The van der Waals surface area contributed by atoms with Crippen molar-refractivity contribution in [3.63, 3.8) is 0 Å². The lowest BCUT2D eigenvalue weighted by molar-refractivity contribution is -0.137. The summed E-state index contributed by atoms with van der Waals surface area (Å²) in [6, 6.07) is 0. The Balaban J connectivity index is 2.05. The molecule has 5 heteroatoms. The van der Waals surface area contributed by atoms with Gasteiger partial charge in [0.1, 0.15) is 0 Å². The molecule has 1 fully saturated rings. The van der Waals surface area contributed by atoms with E-state index in [1.807, 2.05) is 0 Å². The average molecular weight is 222 g/mol. The third kappa shape index (κ3) is 4.13. The summed E-state index contributed by atoms with van der Waals surface area (Å²) in [7, 11) is 0.820. The topological polar surface area (TPSA) is 54.4 Å². The Morgan fingerprint density at radius 1 is 1.54 bits per heavy atom. The van der Waals surface area contributed by atoms with E-state index in [1.54, 1.807) is 0 Å². The zero-order valence-electron chi connectivity index (χ0n) is 7.40. The Bertz CT molecular complexity index is 206. The summed E-state index contributed by atoms with van der Waals surface area (Å²) in [6.45, 7) is 0. The number of carboxylic acid groups (broad SMARTS) is 1. The Morgan fingerprint density at radius 2 is 2.31 bits per heavy atom. The van der Waals surface area contributed by atoms with Crippen LogP contribution in [-0.4, -0.2) is 26.3 Å². The quantitative estimate of drug-likeness (QED) is 0.569. The van der Waals surface area contributed by atoms with Gasteiger partial charge in [-0.25, -0.2) is 4.21 Å². The van der Waals surface area contributed by atoms with Crippen molar-refractivity contribution < 1.29 is 14.1 Å². The van der Waals surface area contributed by atoms with Gasteiger partial charge in [0.2, 0.25) is 0 Å². The fourth-order valence-corrected chi connectivity index (χ4v) is 4.84. The van der Waals surface area contributed by atoms with Crippen LogP contribution in [0.2, 0.25) is 0 Å². The van der Waals surface area contributed by atoms with Gasteiger partial charge in [-0.15, -0.1) is 0 Å². The van der Waals surface area contributed by atoms with Crippen molar-refractivity contribution in [2.24, 2.45) is 0 Å². The van der Waals surface area contributed by atoms with E-state index >= 15 is 0 Å². The lowest BCUT2D eigenvalue weighted by atomic mass is 10.1. The molecular formula is C8H14O3S2. The number of rotatable bonds is 5. The molecule has 1 heterocycles. The van der Waals surface area contributed by atoms with Gasteiger partial charge in [0.05, 0.1) is 9.83 Å². The normalized spacial score (nSPS) is 27.7. The average Bonchev–Trinajstić information content (AvgIpc) is 2.45. The fraction of sp³-hybridized carbons (Fsp3) is 0.875. The predicted molar refractivity (Wildman–Crippen MR) is 55.1 cm³/mol. The van der Waals surface area contributed by atoms with Crippen molar-refractivity contribution >= 4 is 26.6 Å². The number of hydrogen-bond acceptors (Lipinski definition) is 3. The minimum Gasteiger partial charge on any atom is -0.481 e. The maximum absolute atomic E-state index is 11.3. The summed E-state index contributed by atoms with van der Waals surface area (Å²) in [5.41, 5.74) is 0. The van der Waals surface area contributed by atoms with E-state index in [-0.39, 0.29) is 6.42 Å². The molecule has 0 aromatic rings. The molecule has 0 aliphatic carbocycles. The molecule has 1 N–H and O–H groups in total. The molecule has 2 atom stereocenters. The van der Waals surface area contributed by atoms with Crippen LogP contribution >= 0.6 is 10.8 Å².